The highest BCUT2D eigenvalue weighted by atomic mass is 32.1. The molecule has 0 aliphatic heterocycles. The van der Waals surface area contributed by atoms with E-state index in [4.69, 9.17) is 5.11 Å². The highest BCUT2D eigenvalue weighted by Gasteiger charge is 2.14. The smallest absolute Gasteiger partial charge is 0.347 e. The Morgan fingerprint density at radius 3 is 2.76 bits per heavy atom. The summed E-state index contributed by atoms with van der Waals surface area (Å²) in [5.41, 5.74) is 2.37. The van der Waals surface area contributed by atoms with Crippen molar-refractivity contribution in [2.75, 3.05) is 0 Å². The molecule has 0 atom stereocenters. The molecule has 0 saturated carbocycles. The van der Waals surface area contributed by atoms with Gasteiger partial charge in [-0.3, -0.25) is 4.98 Å². The number of carboxylic acids is 1. The predicted octanol–water partition coefficient (Wildman–Crippen LogP) is 2.17. The lowest BCUT2D eigenvalue weighted by Crippen LogP contribution is -1.97. The molecule has 0 unspecified atom stereocenters. The molecule has 17 heavy (non-hydrogen) atoms. The van der Waals surface area contributed by atoms with E-state index in [0.29, 0.717) is 10.7 Å². The van der Waals surface area contributed by atoms with Crippen LogP contribution in [0.4, 0.5) is 0 Å². The minimum atomic E-state index is -0.966. The summed E-state index contributed by atoms with van der Waals surface area (Å²) in [5.74, 6) is -0.966. The van der Waals surface area contributed by atoms with Crippen LogP contribution in [0.2, 0.25) is 0 Å². The molecule has 2 rings (SSSR count). The Morgan fingerprint density at radius 2 is 2.18 bits per heavy atom. The topological polar surface area (TPSA) is 76.0 Å². The lowest BCUT2D eigenvalue weighted by molar-refractivity contribution is 0.0702. The third-order valence-electron chi connectivity index (χ3n) is 2.22. The second-order valence-corrected chi connectivity index (χ2v) is 4.53. The quantitative estimate of drug-likeness (QED) is 0.902. The Bertz CT molecular complexity index is 566. The summed E-state index contributed by atoms with van der Waals surface area (Å²) in [6.45, 7) is 3.86. The zero-order valence-electron chi connectivity index (χ0n) is 9.47. The monoisotopic (exact) mass is 249 g/mol. The van der Waals surface area contributed by atoms with Crippen molar-refractivity contribution in [3.63, 3.8) is 0 Å². The molecule has 0 spiro atoms. The van der Waals surface area contributed by atoms with Crippen LogP contribution in [0.1, 0.15) is 28.0 Å². The number of hydrogen-bond acceptors (Lipinski definition) is 5. The Kier molecular flexibility index (Phi) is 3.14. The number of hydrogen-bond donors (Lipinski definition) is 1. The lowest BCUT2D eigenvalue weighted by Gasteiger charge is -2.03. The van der Waals surface area contributed by atoms with Crippen LogP contribution in [0.25, 0.3) is 10.7 Å². The number of aromatic carboxylic acids is 1. The van der Waals surface area contributed by atoms with Gasteiger partial charge in [0.2, 0.25) is 0 Å². The van der Waals surface area contributed by atoms with Gasteiger partial charge in [0, 0.05) is 6.20 Å². The fourth-order valence-electron chi connectivity index (χ4n) is 1.43. The number of carboxylic acid groups (broad SMARTS) is 1. The number of rotatable bonds is 3. The number of nitrogens with zero attached hydrogens (tertiary/aromatic N) is 3. The summed E-state index contributed by atoms with van der Waals surface area (Å²) < 4.78 is 0. The van der Waals surface area contributed by atoms with E-state index in [0.717, 1.165) is 29.1 Å². The Hall–Kier alpha value is -1.82. The van der Waals surface area contributed by atoms with Crippen LogP contribution in [0, 0.1) is 6.92 Å². The maximum absolute atomic E-state index is 10.8. The second kappa shape index (κ2) is 4.58. The third kappa shape index (κ3) is 2.31. The SMILES string of the molecule is CCc1nc(C)cnc1-c1ncc(C(=O)O)s1. The molecule has 5 nitrogen and oxygen atoms in total. The van der Waals surface area contributed by atoms with E-state index >= 15 is 0 Å². The van der Waals surface area contributed by atoms with Gasteiger partial charge in [-0.05, 0) is 13.3 Å². The van der Waals surface area contributed by atoms with E-state index in [9.17, 15) is 4.79 Å². The Balaban J connectivity index is 2.48. The van der Waals surface area contributed by atoms with Gasteiger partial charge < -0.3 is 5.11 Å². The number of carbonyl (C=O) groups is 1. The van der Waals surface area contributed by atoms with Crippen LogP contribution >= 0.6 is 11.3 Å². The largest absolute Gasteiger partial charge is 0.477 e. The molecule has 88 valence electrons. The molecular formula is C11H11N3O2S. The van der Waals surface area contributed by atoms with Crippen LogP contribution in [0.5, 0.6) is 0 Å². The minimum absolute atomic E-state index is 0.212. The van der Waals surface area contributed by atoms with Crippen LogP contribution in [0.3, 0.4) is 0 Å². The van der Waals surface area contributed by atoms with Crippen LogP contribution < -0.4 is 0 Å². The molecule has 6 heteroatoms. The van der Waals surface area contributed by atoms with Crippen molar-refractivity contribution in [1.29, 1.82) is 0 Å². The van der Waals surface area contributed by atoms with Gasteiger partial charge in [0.1, 0.15) is 15.6 Å². The fraction of sp³-hybridized carbons (Fsp3) is 0.273. The molecule has 0 aliphatic rings. The van der Waals surface area contributed by atoms with Crippen LogP contribution in [-0.2, 0) is 6.42 Å². The summed E-state index contributed by atoms with van der Waals surface area (Å²) in [6.07, 6.45) is 3.76. The summed E-state index contributed by atoms with van der Waals surface area (Å²) in [7, 11) is 0. The number of aryl methyl sites for hydroxylation is 2. The van der Waals surface area contributed by atoms with E-state index in [2.05, 4.69) is 15.0 Å². The first kappa shape index (κ1) is 11.7. The molecule has 0 aromatic carbocycles. The van der Waals surface area contributed by atoms with E-state index in [1.54, 1.807) is 6.20 Å². The second-order valence-electron chi connectivity index (χ2n) is 3.50. The lowest BCUT2D eigenvalue weighted by atomic mass is 10.2. The van der Waals surface area contributed by atoms with Gasteiger partial charge in [0.05, 0.1) is 17.6 Å². The van der Waals surface area contributed by atoms with Crippen molar-refractivity contribution in [2.24, 2.45) is 0 Å². The molecule has 0 saturated heterocycles. The van der Waals surface area contributed by atoms with Gasteiger partial charge in [0.15, 0.2) is 0 Å². The standard InChI is InChI=1S/C11H11N3O2S/c1-3-7-9(12-4-6(2)14-7)10-13-5-8(17-10)11(15)16/h4-5H,3H2,1-2H3,(H,15,16). The number of aromatic nitrogens is 3. The molecule has 2 heterocycles. The highest BCUT2D eigenvalue weighted by molar-refractivity contribution is 7.16. The van der Waals surface area contributed by atoms with E-state index in [1.807, 2.05) is 13.8 Å². The predicted molar refractivity (Wildman–Crippen MR) is 64.2 cm³/mol. The van der Waals surface area contributed by atoms with Crippen molar-refractivity contribution in [1.82, 2.24) is 15.0 Å². The molecule has 0 radical (unpaired) electrons. The highest BCUT2D eigenvalue weighted by Crippen LogP contribution is 2.25. The first-order valence-electron chi connectivity index (χ1n) is 5.13. The third-order valence-corrected chi connectivity index (χ3v) is 3.21. The average molecular weight is 249 g/mol. The summed E-state index contributed by atoms with van der Waals surface area (Å²) in [6, 6.07) is 0. The van der Waals surface area contributed by atoms with E-state index in [1.165, 1.54) is 6.20 Å². The molecule has 2 aromatic rings. The van der Waals surface area contributed by atoms with Gasteiger partial charge >= 0.3 is 5.97 Å². The van der Waals surface area contributed by atoms with Gasteiger partial charge in [-0.25, -0.2) is 14.8 Å². The average Bonchev–Trinajstić information content (AvgIpc) is 2.78. The Labute approximate surface area is 102 Å². The van der Waals surface area contributed by atoms with Crippen molar-refractivity contribution in [3.8, 4) is 10.7 Å². The van der Waals surface area contributed by atoms with Gasteiger partial charge in [-0.2, -0.15) is 0 Å². The zero-order chi connectivity index (χ0) is 12.4. The van der Waals surface area contributed by atoms with Gasteiger partial charge in [-0.1, -0.05) is 6.92 Å². The molecule has 0 bridgehead atoms. The molecule has 1 N–H and O–H groups in total. The summed E-state index contributed by atoms with van der Waals surface area (Å²) in [4.78, 5) is 23.7. The van der Waals surface area contributed by atoms with Crippen LogP contribution in [0.15, 0.2) is 12.4 Å². The maximum atomic E-state index is 10.8. The Morgan fingerprint density at radius 1 is 1.41 bits per heavy atom. The fourth-order valence-corrected chi connectivity index (χ4v) is 2.21. The molecule has 0 fully saturated rings. The van der Waals surface area contributed by atoms with Crippen molar-refractivity contribution in [3.05, 3.63) is 28.7 Å². The summed E-state index contributed by atoms with van der Waals surface area (Å²) >= 11 is 1.12. The normalized spacial score (nSPS) is 10.5. The molecule has 2 aromatic heterocycles. The molecule has 0 aliphatic carbocycles. The van der Waals surface area contributed by atoms with Crippen molar-refractivity contribution >= 4 is 17.3 Å². The van der Waals surface area contributed by atoms with Gasteiger partial charge in [0.25, 0.3) is 0 Å². The maximum Gasteiger partial charge on any atom is 0.347 e. The molecule has 0 amide bonds. The molecular weight excluding hydrogens is 238 g/mol. The first-order valence-corrected chi connectivity index (χ1v) is 5.95. The minimum Gasteiger partial charge on any atom is -0.477 e. The van der Waals surface area contributed by atoms with Crippen molar-refractivity contribution < 1.29 is 9.90 Å². The van der Waals surface area contributed by atoms with E-state index in [-0.39, 0.29) is 4.88 Å². The number of thiazole rings is 1. The van der Waals surface area contributed by atoms with Crippen molar-refractivity contribution in [2.45, 2.75) is 20.3 Å². The van der Waals surface area contributed by atoms with Crippen LogP contribution in [-0.4, -0.2) is 26.0 Å². The first-order chi connectivity index (χ1) is 8.11. The van der Waals surface area contributed by atoms with E-state index < -0.39 is 5.97 Å². The summed E-state index contributed by atoms with van der Waals surface area (Å²) in [5, 5.41) is 9.45. The zero-order valence-corrected chi connectivity index (χ0v) is 10.3. The van der Waals surface area contributed by atoms with Gasteiger partial charge in [-0.15, -0.1) is 11.3 Å².